The smallest absolute Gasteiger partial charge is 0.315 e. The number of esters is 1. The van der Waals surface area contributed by atoms with E-state index in [9.17, 15) is 9.90 Å². The van der Waals surface area contributed by atoms with Crippen molar-refractivity contribution in [3.8, 4) is 5.75 Å². The molecule has 0 fully saturated rings. The van der Waals surface area contributed by atoms with Crippen molar-refractivity contribution >= 4 is 5.97 Å². The minimum atomic E-state index is -0.443. The molecule has 0 bridgehead atoms. The summed E-state index contributed by atoms with van der Waals surface area (Å²) in [5.41, 5.74) is 7.74. The molecule has 4 nitrogen and oxygen atoms in total. The van der Waals surface area contributed by atoms with E-state index in [4.69, 9.17) is 10.5 Å². The molecule has 86 valence electrons. The van der Waals surface area contributed by atoms with Crippen LogP contribution in [0.25, 0.3) is 0 Å². The van der Waals surface area contributed by atoms with Gasteiger partial charge in [-0.2, -0.15) is 0 Å². The standard InChI is InChI=1S/C12H15NO3/c1-2-16-12(15)11-9-6-8(14)4-3-7(9)5-10(11)13/h3-4,6,10-11,14H,2,5,13H2,1H3. The highest BCUT2D eigenvalue weighted by atomic mass is 16.5. The predicted molar refractivity (Wildman–Crippen MR) is 59.2 cm³/mol. The lowest BCUT2D eigenvalue weighted by atomic mass is 9.99. The van der Waals surface area contributed by atoms with Gasteiger partial charge in [0.05, 0.1) is 12.5 Å². The Kier molecular flexibility index (Phi) is 2.83. The molecule has 1 aromatic rings. The van der Waals surface area contributed by atoms with Gasteiger partial charge in [-0.1, -0.05) is 6.07 Å². The first-order valence-corrected chi connectivity index (χ1v) is 5.37. The lowest BCUT2D eigenvalue weighted by molar-refractivity contribution is -0.145. The molecule has 1 aliphatic rings. The highest BCUT2D eigenvalue weighted by Crippen LogP contribution is 2.35. The fraction of sp³-hybridized carbons (Fsp3) is 0.417. The number of phenolic OH excluding ortho intramolecular Hbond substituents is 1. The third-order valence-electron chi connectivity index (χ3n) is 2.89. The van der Waals surface area contributed by atoms with Crippen molar-refractivity contribution in [2.75, 3.05) is 6.61 Å². The summed E-state index contributed by atoms with van der Waals surface area (Å²) in [6.45, 7) is 2.11. The first-order chi connectivity index (χ1) is 7.63. The van der Waals surface area contributed by atoms with Crippen LogP contribution in [-0.2, 0) is 16.0 Å². The van der Waals surface area contributed by atoms with Gasteiger partial charge >= 0.3 is 5.97 Å². The Morgan fingerprint density at radius 2 is 2.38 bits per heavy atom. The molecule has 2 atom stereocenters. The van der Waals surface area contributed by atoms with E-state index in [1.165, 1.54) is 0 Å². The van der Waals surface area contributed by atoms with Gasteiger partial charge in [-0.3, -0.25) is 4.79 Å². The quantitative estimate of drug-likeness (QED) is 0.728. The molecule has 1 aliphatic carbocycles. The van der Waals surface area contributed by atoms with E-state index in [1.807, 2.05) is 6.07 Å². The molecule has 0 aliphatic heterocycles. The van der Waals surface area contributed by atoms with Crippen molar-refractivity contribution in [3.63, 3.8) is 0 Å². The third-order valence-corrected chi connectivity index (χ3v) is 2.89. The molecule has 0 saturated heterocycles. The molecule has 2 unspecified atom stereocenters. The average molecular weight is 221 g/mol. The van der Waals surface area contributed by atoms with Gasteiger partial charge < -0.3 is 15.6 Å². The Bertz CT molecular complexity index is 417. The molecule has 0 amide bonds. The number of carbonyl (C=O) groups is 1. The van der Waals surface area contributed by atoms with Crippen molar-refractivity contribution in [2.24, 2.45) is 5.73 Å². The number of rotatable bonds is 2. The van der Waals surface area contributed by atoms with Crippen molar-refractivity contribution in [1.82, 2.24) is 0 Å². The van der Waals surface area contributed by atoms with Crippen LogP contribution in [0.2, 0.25) is 0 Å². The van der Waals surface area contributed by atoms with Crippen LogP contribution in [0.5, 0.6) is 5.75 Å². The topological polar surface area (TPSA) is 72.5 Å². The minimum absolute atomic E-state index is 0.155. The highest BCUT2D eigenvalue weighted by molar-refractivity contribution is 5.81. The molecule has 0 radical (unpaired) electrons. The normalized spacial score (nSPS) is 22.9. The molecule has 0 heterocycles. The van der Waals surface area contributed by atoms with Crippen molar-refractivity contribution < 1.29 is 14.6 Å². The van der Waals surface area contributed by atoms with E-state index in [-0.39, 0.29) is 17.8 Å². The Balaban J connectivity index is 2.34. The molecule has 0 saturated carbocycles. The molecule has 1 aromatic carbocycles. The number of phenols is 1. The molecule has 3 N–H and O–H groups in total. The van der Waals surface area contributed by atoms with Crippen LogP contribution in [0, 0.1) is 0 Å². The van der Waals surface area contributed by atoms with Crippen LogP contribution in [0.1, 0.15) is 24.0 Å². The zero-order valence-electron chi connectivity index (χ0n) is 9.14. The number of carbonyl (C=O) groups excluding carboxylic acids is 1. The second-order valence-electron chi connectivity index (χ2n) is 3.98. The van der Waals surface area contributed by atoms with Crippen molar-refractivity contribution in [3.05, 3.63) is 29.3 Å². The fourth-order valence-electron chi connectivity index (χ4n) is 2.19. The van der Waals surface area contributed by atoms with Gasteiger partial charge in [0.25, 0.3) is 0 Å². The number of hydrogen-bond acceptors (Lipinski definition) is 4. The lowest BCUT2D eigenvalue weighted by Crippen LogP contribution is -2.31. The number of nitrogens with two attached hydrogens (primary N) is 1. The number of fused-ring (bicyclic) bond motifs is 1. The van der Waals surface area contributed by atoms with E-state index in [2.05, 4.69) is 0 Å². The van der Waals surface area contributed by atoms with E-state index < -0.39 is 5.92 Å². The largest absolute Gasteiger partial charge is 0.508 e. The Hall–Kier alpha value is -1.55. The molecule has 0 spiro atoms. The maximum absolute atomic E-state index is 11.7. The van der Waals surface area contributed by atoms with Crippen LogP contribution in [0.15, 0.2) is 18.2 Å². The zero-order chi connectivity index (χ0) is 11.7. The maximum Gasteiger partial charge on any atom is 0.315 e. The lowest BCUT2D eigenvalue weighted by Gasteiger charge is -2.14. The SMILES string of the molecule is CCOC(=O)C1c2cc(O)ccc2CC1N. The van der Waals surface area contributed by atoms with Gasteiger partial charge in [0.2, 0.25) is 0 Å². The van der Waals surface area contributed by atoms with Gasteiger partial charge in [-0.05, 0) is 36.6 Å². The Morgan fingerprint density at radius 1 is 1.62 bits per heavy atom. The summed E-state index contributed by atoms with van der Waals surface area (Å²) < 4.78 is 4.99. The van der Waals surface area contributed by atoms with E-state index in [0.29, 0.717) is 13.0 Å². The molecule has 2 rings (SSSR count). The summed E-state index contributed by atoms with van der Waals surface area (Å²) >= 11 is 0. The second-order valence-corrected chi connectivity index (χ2v) is 3.98. The monoisotopic (exact) mass is 221 g/mol. The van der Waals surface area contributed by atoms with Gasteiger partial charge in [0.1, 0.15) is 5.75 Å². The van der Waals surface area contributed by atoms with Crippen LogP contribution in [0.3, 0.4) is 0 Å². The van der Waals surface area contributed by atoms with Gasteiger partial charge in [-0.15, -0.1) is 0 Å². The summed E-state index contributed by atoms with van der Waals surface area (Å²) in [5, 5.41) is 9.42. The number of hydrogen-bond donors (Lipinski definition) is 2. The summed E-state index contributed by atoms with van der Waals surface area (Å²) in [4.78, 5) is 11.7. The van der Waals surface area contributed by atoms with Crippen molar-refractivity contribution in [1.29, 1.82) is 0 Å². The Labute approximate surface area is 94.0 Å². The zero-order valence-corrected chi connectivity index (χ0v) is 9.14. The maximum atomic E-state index is 11.7. The fourth-order valence-corrected chi connectivity index (χ4v) is 2.19. The van der Waals surface area contributed by atoms with E-state index in [1.54, 1.807) is 19.1 Å². The minimum Gasteiger partial charge on any atom is -0.508 e. The summed E-state index contributed by atoms with van der Waals surface area (Å²) in [6, 6.07) is 4.77. The molecular formula is C12H15NO3. The van der Waals surface area contributed by atoms with Crippen LogP contribution in [0.4, 0.5) is 0 Å². The van der Waals surface area contributed by atoms with Crippen molar-refractivity contribution in [2.45, 2.75) is 25.3 Å². The van der Waals surface area contributed by atoms with E-state index >= 15 is 0 Å². The summed E-state index contributed by atoms with van der Waals surface area (Å²) in [5.74, 6) is -0.594. The molecule has 0 aromatic heterocycles. The molecular weight excluding hydrogens is 206 g/mol. The summed E-state index contributed by atoms with van der Waals surface area (Å²) in [6.07, 6.45) is 0.652. The van der Waals surface area contributed by atoms with Gasteiger partial charge in [-0.25, -0.2) is 0 Å². The van der Waals surface area contributed by atoms with E-state index in [0.717, 1.165) is 11.1 Å². The highest BCUT2D eigenvalue weighted by Gasteiger charge is 2.36. The third kappa shape index (κ3) is 1.76. The van der Waals surface area contributed by atoms with Crippen LogP contribution >= 0.6 is 0 Å². The van der Waals surface area contributed by atoms with Crippen LogP contribution < -0.4 is 5.73 Å². The summed E-state index contributed by atoms with van der Waals surface area (Å²) in [7, 11) is 0. The average Bonchev–Trinajstić information content (AvgIpc) is 2.53. The molecule has 4 heteroatoms. The van der Waals surface area contributed by atoms with Gasteiger partial charge in [0.15, 0.2) is 0 Å². The first kappa shape index (κ1) is 11.0. The number of benzene rings is 1. The number of aromatic hydroxyl groups is 1. The van der Waals surface area contributed by atoms with Gasteiger partial charge in [0, 0.05) is 6.04 Å². The second kappa shape index (κ2) is 4.14. The predicted octanol–water partition coefficient (Wildman–Crippen LogP) is 0.922. The van der Waals surface area contributed by atoms with Crippen LogP contribution in [-0.4, -0.2) is 23.7 Å². The first-order valence-electron chi connectivity index (χ1n) is 5.37. The Morgan fingerprint density at radius 3 is 3.06 bits per heavy atom. The molecule has 16 heavy (non-hydrogen) atoms. The number of ether oxygens (including phenoxy) is 1.